The summed E-state index contributed by atoms with van der Waals surface area (Å²) in [7, 11) is 0. The lowest BCUT2D eigenvalue weighted by atomic mass is 10.6. The molecule has 8 heteroatoms. The topological polar surface area (TPSA) is 100 Å². The van der Waals surface area contributed by atoms with Gasteiger partial charge in [0.2, 0.25) is 0 Å². The van der Waals surface area contributed by atoms with Crippen LogP contribution in [-0.2, 0) is 0 Å². The zero-order valence-corrected chi connectivity index (χ0v) is 9.33. The highest BCUT2D eigenvalue weighted by atomic mass is 127. The second-order valence-electron chi connectivity index (χ2n) is 2.49. The zero-order chi connectivity index (χ0) is 10.8. The second kappa shape index (κ2) is 3.77. The van der Waals surface area contributed by atoms with E-state index in [0.29, 0.717) is 9.39 Å². The van der Waals surface area contributed by atoms with E-state index in [-0.39, 0.29) is 11.4 Å². The maximum Gasteiger partial charge on any atom is 0.266 e. The van der Waals surface area contributed by atoms with E-state index < -0.39 is 0 Å². The highest BCUT2D eigenvalue weighted by Crippen LogP contribution is 2.07. The zero-order valence-electron chi connectivity index (χ0n) is 7.18. The number of nitrogens with zero attached hydrogens (tertiary/aromatic N) is 5. The first-order valence-corrected chi connectivity index (χ1v) is 4.85. The van der Waals surface area contributed by atoms with Gasteiger partial charge in [0.05, 0.1) is 6.33 Å². The van der Waals surface area contributed by atoms with Gasteiger partial charge in [0.25, 0.3) is 11.4 Å². The molecule has 74 valence electrons. The average molecular weight is 314 g/mol. The molecule has 0 atom stereocenters. The van der Waals surface area contributed by atoms with E-state index in [1.54, 1.807) is 6.07 Å². The number of halogens is 1. The number of aromatic nitrogens is 5. The molecule has 0 radical (unpaired) electrons. The summed E-state index contributed by atoms with van der Waals surface area (Å²) >= 11 is 1.85. The summed E-state index contributed by atoms with van der Waals surface area (Å²) in [4.78, 5) is 21.4. The number of rotatable bonds is 1. The Morgan fingerprint density at radius 3 is 3.00 bits per heavy atom. The number of aromatic amines is 1. The second-order valence-corrected chi connectivity index (χ2v) is 3.57. The molecule has 0 aliphatic rings. The minimum Gasteiger partial charge on any atom is -0.312 e. The Kier molecular flexibility index (Phi) is 2.46. The minimum absolute atomic E-state index is 0.0351. The molecule has 2 rings (SSSR count). The molecule has 0 amide bonds. The first-order chi connectivity index (χ1) is 7.22. The molecule has 0 saturated carbocycles. The van der Waals surface area contributed by atoms with Crippen molar-refractivity contribution >= 4 is 22.6 Å². The maximum atomic E-state index is 11.3. The number of H-pyrrole nitrogens is 1. The van der Waals surface area contributed by atoms with Crippen molar-refractivity contribution in [2.45, 2.75) is 0 Å². The van der Waals surface area contributed by atoms with Crippen molar-refractivity contribution in [3.8, 4) is 11.9 Å². The minimum atomic E-state index is -0.255. The molecule has 2 aromatic heterocycles. The van der Waals surface area contributed by atoms with Crippen LogP contribution in [0.4, 0.5) is 0 Å². The molecule has 0 bridgehead atoms. The first kappa shape index (κ1) is 9.78. The van der Waals surface area contributed by atoms with Crippen LogP contribution in [0.1, 0.15) is 5.82 Å². The van der Waals surface area contributed by atoms with Crippen LogP contribution in [0.15, 0.2) is 17.4 Å². The molecular weight excluding hydrogens is 311 g/mol. The summed E-state index contributed by atoms with van der Waals surface area (Å²) < 4.78 is 1.68. The Morgan fingerprint density at radius 1 is 1.53 bits per heavy atom. The van der Waals surface area contributed by atoms with Crippen molar-refractivity contribution in [1.82, 2.24) is 24.7 Å². The van der Waals surface area contributed by atoms with Gasteiger partial charge in [-0.25, -0.2) is 9.97 Å². The standard InChI is InChI=1S/C7H3IN6O/c8-5-6(10-2-11-7(5)15)14-3-12-4(1-9)13-14/h2-3H,(H,10,11,15). The van der Waals surface area contributed by atoms with Gasteiger partial charge in [-0.1, -0.05) is 0 Å². The largest absolute Gasteiger partial charge is 0.312 e. The lowest BCUT2D eigenvalue weighted by Crippen LogP contribution is -2.15. The van der Waals surface area contributed by atoms with Crippen molar-refractivity contribution in [3.05, 3.63) is 32.4 Å². The highest BCUT2D eigenvalue weighted by molar-refractivity contribution is 14.1. The molecule has 0 aliphatic carbocycles. The van der Waals surface area contributed by atoms with E-state index in [1.807, 2.05) is 22.6 Å². The van der Waals surface area contributed by atoms with Gasteiger partial charge >= 0.3 is 0 Å². The van der Waals surface area contributed by atoms with Crippen LogP contribution in [0.2, 0.25) is 0 Å². The van der Waals surface area contributed by atoms with Gasteiger partial charge < -0.3 is 4.98 Å². The summed E-state index contributed by atoms with van der Waals surface area (Å²) in [6, 6.07) is 1.79. The maximum absolute atomic E-state index is 11.3. The molecule has 0 spiro atoms. The molecule has 15 heavy (non-hydrogen) atoms. The highest BCUT2D eigenvalue weighted by Gasteiger charge is 2.09. The van der Waals surface area contributed by atoms with Crippen molar-refractivity contribution in [3.63, 3.8) is 0 Å². The first-order valence-electron chi connectivity index (χ1n) is 3.77. The number of hydrogen-bond donors (Lipinski definition) is 1. The van der Waals surface area contributed by atoms with Crippen LogP contribution in [0.3, 0.4) is 0 Å². The predicted octanol–water partition coefficient (Wildman–Crippen LogP) is -0.173. The summed E-state index contributed by atoms with van der Waals surface area (Å²) in [6.45, 7) is 0. The van der Waals surface area contributed by atoms with Crippen molar-refractivity contribution < 1.29 is 0 Å². The summed E-state index contributed by atoms with van der Waals surface area (Å²) in [5.74, 6) is 0.390. The molecule has 2 heterocycles. The fraction of sp³-hybridized carbons (Fsp3) is 0. The molecular formula is C7H3IN6O. The van der Waals surface area contributed by atoms with Crippen LogP contribution in [0, 0.1) is 14.9 Å². The predicted molar refractivity (Wildman–Crippen MR) is 57.2 cm³/mol. The third-order valence-electron chi connectivity index (χ3n) is 1.59. The van der Waals surface area contributed by atoms with Crippen LogP contribution < -0.4 is 5.56 Å². The molecule has 0 aliphatic heterocycles. The van der Waals surface area contributed by atoms with Crippen LogP contribution >= 0.6 is 22.6 Å². The van der Waals surface area contributed by atoms with Crippen LogP contribution in [-0.4, -0.2) is 24.7 Å². The molecule has 0 unspecified atom stereocenters. The Bertz CT molecular complexity index is 594. The molecule has 2 aromatic rings. The quantitative estimate of drug-likeness (QED) is 0.736. The van der Waals surface area contributed by atoms with E-state index in [0.717, 1.165) is 0 Å². The van der Waals surface area contributed by atoms with Gasteiger partial charge in [-0.05, 0) is 22.6 Å². The van der Waals surface area contributed by atoms with Crippen molar-refractivity contribution in [2.24, 2.45) is 0 Å². The van der Waals surface area contributed by atoms with Crippen molar-refractivity contribution in [2.75, 3.05) is 0 Å². The SMILES string of the molecule is N#Cc1ncn(-c2nc[nH]c(=O)c2I)n1. The number of nitrogens with one attached hydrogen (secondary N) is 1. The van der Waals surface area contributed by atoms with Gasteiger partial charge in [0.15, 0.2) is 5.82 Å². The molecule has 0 aromatic carbocycles. The van der Waals surface area contributed by atoms with Crippen LogP contribution in [0.25, 0.3) is 5.82 Å². The number of hydrogen-bond acceptors (Lipinski definition) is 5. The van der Waals surface area contributed by atoms with Crippen LogP contribution in [0.5, 0.6) is 0 Å². The fourth-order valence-corrected chi connectivity index (χ4v) is 1.49. The third kappa shape index (κ3) is 1.73. The van der Waals surface area contributed by atoms with Gasteiger partial charge in [-0.3, -0.25) is 4.79 Å². The lowest BCUT2D eigenvalue weighted by Gasteiger charge is -1.99. The third-order valence-corrected chi connectivity index (χ3v) is 2.56. The Hall–Kier alpha value is -1.76. The summed E-state index contributed by atoms with van der Waals surface area (Å²) in [5.41, 5.74) is -0.255. The van der Waals surface area contributed by atoms with Crippen molar-refractivity contribution in [1.29, 1.82) is 5.26 Å². The average Bonchev–Trinajstić information content (AvgIpc) is 2.70. The van der Waals surface area contributed by atoms with E-state index in [1.165, 1.54) is 17.3 Å². The van der Waals surface area contributed by atoms with E-state index in [2.05, 4.69) is 20.1 Å². The lowest BCUT2D eigenvalue weighted by molar-refractivity contribution is 0.821. The summed E-state index contributed by atoms with van der Waals surface area (Å²) in [5, 5.41) is 12.4. The molecule has 1 N–H and O–H groups in total. The molecule has 0 saturated heterocycles. The Morgan fingerprint density at radius 2 is 2.33 bits per heavy atom. The monoisotopic (exact) mass is 314 g/mol. The normalized spacial score (nSPS) is 9.87. The van der Waals surface area contributed by atoms with Gasteiger partial charge in [-0.2, -0.15) is 9.94 Å². The Balaban J connectivity index is 2.60. The smallest absolute Gasteiger partial charge is 0.266 e. The van der Waals surface area contributed by atoms with E-state index in [9.17, 15) is 4.79 Å². The molecule has 7 nitrogen and oxygen atoms in total. The van der Waals surface area contributed by atoms with Gasteiger partial charge in [0, 0.05) is 0 Å². The van der Waals surface area contributed by atoms with Gasteiger partial charge in [-0.15, -0.1) is 5.10 Å². The van der Waals surface area contributed by atoms with E-state index >= 15 is 0 Å². The van der Waals surface area contributed by atoms with Gasteiger partial charge in [0.1, 0.15) is 16.0 Å². The molecule has 0 fully saturated rings. The van der Waals surface area contributed by atoms with E-state index in [4.69, 9.17) is 5.26 Å². The fourth-order valence-electron chi connectivity index (χ4n) is 0.950. The Labute approximate surface area is 96.9 Å². The number of nitriles is 1. The summed E-state index contributed by atoms with van der Waals surface area (Å²) in [6.07, 6.45) is 2.61.